The minimum absolute atomic E-state index is 0.710. The van der Waals surface area contributed by atoms with Gasteiger partial charge >= 0.3 is 0 Å². The molecule has 78 valence electrons. The molecule has 0 atom stereocenters. The number of likely N-dealkylation sites (N-methyl/N-ethyl adjacent to an activating group) is 1. The van der Waals surface area contributed by atoms with Crippen LogP contribution in [0.3, 0.4) is 0 Å². The summed E-state index contributed by atoms with van der Waals surface area (Å²) in [6.45, 7) is 5.26. The van der Waals surface area contributed by atoms with E-state index in [1.54, 1.807) is 6.20 Å². The predicted octanol–water partition coefficient (Wildman–Crippen LogP) is 1.18. The van der Waals surface area contributed by atoms with Crippen LogP contribution in [0.5, 0.6) is 0 Å². The van der Waals surface area contributed by atoms with Crippen molar-refractivity contribution in [3.05, 3.63) is 16.8 Å². The van der Waals surface area contributed by atoms with Crippen LogP contribution in [0.1, 0.15) is 5.89 Å². The van der Waals surface area contributed by atoms with Crippen molar-refractivity contribution in [2.45, 2.75) is 6.54 Å². The summed E-state index contributed by atoms with van der Waals surface area (Å²) < 4.78 is 6.07. The molecule has 0 N–H and O–H groups in total. The Bertz CT molecular complexity index is 294. The summed E-state index contributed by atoms with van der Waals surface area (Å²) in [5, 5.41) is 0. The highest BCUT2D eigenvalue weighted by molar-refractivity contribution is 9.10. The van der Waals surface area contributed by atoms with E-state index in [-0.39, 0.29) is 0 Å². The van der Waals surface area contributed by atoms with E-state index in [2.05, 4.69) is 37.8 Å². The number of rotatable bonds is 2. The van der Waals surface area contributed by atoms with Crippen LogP contribution in [-0.2, 0) is 6.54 Å². The van der Waals surface area contributed by atoms with Crippen molar-refractivity contribution in [3.63, 3.8) is 0 Å². The molecule has 1 saturated heterocycles. The van der Waals surface area contributed by atoms with Crippen molar-refractivity contribution in [2.24, 2.45) is 0 Å². The molecule has 0 aliphatic carbocycles. The maximum absolute atomic E-state index is 5.36. The number of oxazole rings is 1. The molecule has 14 heavy (non-hydrogen) atoms. The van der Waals surface area contributed by atoms with Crippen molar-refractivity contribution >= 4 is 15.9 Å². The summed E-state index contributed by atoms with van der Waals surface area (Å²) in [6, 6.07) is 0. The molecule has 5 heteroatoms. The Kier molecular flexibility index (Phi) is 3.20. The van der Waals surface area contributed by atoms with Gasteiger partial charge in [-0.05, 0) is 23.0 Å². The zero-order valence-corrected chi connectivity index (χ0v) is 9.83. The molecule has 0 saturated carbocycles. The van der Waals surface area contributed by atoms with E-state index in [4.69, 9.17) is 4.42 Å². The first-order valence-electron chi connectivity index (χ1n) is 4.75. The molecule has 0 bridgehead atoms. The van der Waals surface area contributed by atoms with E-state index >= 15 is 0 Å². The molecule has 0 amide bonds. The van der Waals surface area contributed by atoms with Crippen LogP contribution in [0.4, 0.5) is 0 Å². The van der Waals surface area contributed by atoms with Gasteiger partial charge in [-0.25, -0.2) is 4.98 Å². The number of hydrogen-bond acceptors (Lipinski definition) is 4. The molecular weight excluding hydrogens is 246 g/mol. The third kappa shape index (κ3) is 2.56. The van der Waals surface area contributed by atoms with Gasteiger partial charge in [-0.1, -0.05) is 0 Å². The van der Waals surface area contributed by atoms with Gasteiger partial charge in [0.25, 0.3) is 0 Å². The number of piperazine rings is 1. The van der Waals surface area contributed by atoms with Crippen molar-refractivity contribution in [2.75, 3.05) is 33.2 Å². The lowest BCUT2D eigenvalue weighted by Gasteiger charge is -2.31. The van der Waals surface area contributed by atoms with Gasteiger partial charge in [0.1, 0.15) is 0 Å². The van der Waals surface area contributed by atoms with Crippen LogP contribution >= 0.6 is 15.9 Å². The van der Waals surface area contributed by atoms with Crippen molar-refractivity contribution < 1.29 is 4.42 Å². The maximum atomic E-state index is 5.36. The molecule has 1 aliphatic heterocycles. The molecule has 1 aromatic rings. The average molecular weight is 260 g/mol. The van der Waals surface area contributed by atoms with Crippen molar-refractivity contribution in [1.82, 2.24) is 14.8 Å². The summed E-state index contributed by atoms with van der Waals surface area (Å²) in [7, 11) is 2.15. The van der Waals surface area contributed by atoms with Crippen LogP contribution in [0.2, 0.25) is 0 Å². The molecule has 0 radical (unpaired) electrons. The Hall–Kier alpha value is -0.390. The molecule has 0 aromatic carbocycles. The number of nitrogens with zero attached hydrogens (tertiary/aromatic N) is 3. The average Bonchev–Trinajstić information content (AvgIpc) is 2.56. The third-order valence-electron chi connectivity index (χ3n) is 2.48. The summed E-state index contributed by atoms with van der Waals surface area (Å²) in [5.74, 6) is 0.793. The minimum Gasteiger partial charge on any atom is -0.433 e. The Labute approximate surface area is 92.0 Å². The second kappa shape index (κ2) is 4.42. The lowest BCUT2D eigenvalue weighted by Crippen LogP contribution is -2.43. The highest BCUT2D eigenvalue weighted by atomic mass is 79.9. The van der Waals surface area contributed by atoms with E-state index < -0.39 is 0 Å². The molecule has 1 fully saturated rings. The second-order valence-electron chi connectivity index (χ2n) is 3.64. The molecule has 4 nitrogen and oxygen atoms in total. The quantitative estimate of drug-likeness (QED) is 0.799. The first-order chi connectivity index (χ1) is 6.74. The van der Waals surface area contributed by atoms with E-state index in [1.165, 1.54) is 0 Å². The zero-order valence-electron chi connectivity index (χ0n) is 8.24. The Morgan fingerprint density at radius 3 is 2.71 bits per heavy atom. The SMILES string of the molecule is CN1CCN(Cc2ncc(Br)o2)CC1. The summed E-state index contributed by atoms with van der Waals surface area (Å²) in [6.07, 6.45) is 1.70. The first-order valence-corrected chi connectivity index (χ1v) is 5.54. The van der Waals surface area contributed by atoms with Crippen LogP contribution in [0, 0.1) is 0 Å². The van der Waals surface area contributed by atoms with E-state index in [1.807, 2.05) is 0 Å². The summed E-state index contributed by atoms with van der Waals surface area (Å²) in [5.41, 5.74) is 0. The van der Waals surface area contributed by atoms with Crippen molar-refractivity contribution in [1.29, 1.82) is 0 Å². The lowest BCUT2D eigenvalue weighted by atomic mass is 10.3. The fraction of sp³-hybridized carbons (Fsp3) is 0.667. The van der Waals surface area contributed by atoms with Crippen LogP contribution < -0.4 is 0 Å². The standard InChI is InChI=1S/C9H14BrN3O/c1-12-2-4-13(5-3-12)7-9-11-6-8(10)14-9/h6H,2-5,7H2,1H3. The highest BCUT2D eigenvalue weighted by Gasteiger charge is 2.15. The molecule has 2 heterocycles. The largest absolute Gasteiger partial charge is 0.433 e. The molecule has 1 aromatic heterocycles. The molecule has 0 spiro atoms. The van der Waals surface area contributed by atoms with Gasteiger partial charge in [-0.3, -0.25) is 4.90 Å². The summed E-state index contributed by atoms with van der Waals surface area (Å²) in [4.78, 5) is 8.85. The van der Waals surface area contributed by atoms with E-state index in [0.29, 0.717) is 4.67 Å². The maximum Gasteiger partial charge on any atom is 0.209 e. The van der Waals surface area contributed by atoms with Gasteiger partial charge in [0.2, 0.25) is 5.89 Å². The molecule has 2 rings (SSSR count). The number of aromatic nitrogens is 1. The fourth-order valence-corrected chi connectivity index (χ4v) is 1.85. The third-order valence-corrected chi connectivity index (χ3v) is 2.85. The van der Waals surface area contributed by atoms with Gasteiger partial charge < -0.3 is 9.32 Å². The van der Waals surface area contributed by atoms with Gasteiger partial charge in [0.15, 0.2) is 4.67 Å². The fourth-order valence-electron chi connectivity index (χ4n) is 1.56. The Morgan fingerprint density at radius 2 is 2.14 bits per heavy atom. The highest BCUT2D eigenvalue weighted by Crippen LogP contribution is 2.13. The number of halogens is 1. The first kappa shape index (κ1) is 10.1. The second-order valence-corrected chi connectivity index (χ2v) is 4.42. The topological polar surface area (TPSA) is 32.5 Å². The van der Waals surface area contributed by atoms with Gasteiger partial charge in [-0.2, -0.15) is 0 Å². The van der Waals surface area contributed by atoms with Crippen LogP contribution in [0.25, 0.3) is 0 Å². The van der Waals surface area contributed by atoms with E-state index in [9.17, 15) is 0 Å². The predicted molar refractivity (Wildman–Crippen MR) is 57.0 cm³/mol. The smallest absolute Gasteiger partial charge is 0.209 e. The van der Waals surface area contributed by atoms with Crippen LogP contribution in [0.15, 0.2) is 15.3 Å². The van der Waals surface area contributed by atoms with Gasteiger partial charge in [0, 0.05) is 26.2 Å². The lowest BCUT2D eigenvalue weighted by molar-refractivity contribution is 0.138. The van der Waals surface area contributed by atoms with E-state index in [0.717, 1.165) is 38.6 Å². The monoisotopic (exact) mass is 259 g/mol. The molecular formula is C9H14BrN3O. The molecule has 0 unspecified atom stereocenters. The number of hydrogen-bond donors (Lipinski definition) is 0. The Balaban J connectivity index is 1.86. The Morgan fingerprint density at radius 1 is 1.43 bits per heavy atom. The van der Waals surface area contributed by atoms with Crippen LogP contribution in [-0.4, -0.2) is 48.0 Å². The van der Waals surface area contributed by atoms with Gasteiger partial charge in [0.05, 0.1) is 12.7 Å². The minimum atomic E-state index is 0.710. The van der Waals surface area contributed by atoms with Gasteiger partial charge in [-0.15, -0.1) is 0 Å². The van der Waals surface area contributed by atoms with Crippen molar-refractivity contribution in [3.8, 4) is 0 Å². The normalized spacial score (nSPS) is 20.1. The summed E-state index contributed by atoms with van der Waals surface area (Å²) >= 11 is 3.25. The zero-order chi connectivity index (χ0) is 9.97. The molecule has 1 aliphatic rings.